The van der Waals surface area contributed by atoms with Crippen LogP contribution >= 0.6 is 0 Å². The molecule has 1 aromatic heterocycles. The van der Waals surface area contributed by atoms with Crippen LogP contribution in [0.25, 0.3) is 0 Å². The third-order valence-corrected chi connectivity index (χ3v) is 3.54. The molecule has 2 rings (SSSR count). The number of aliphatic carboxylic acids is 1. The number of carboxylic acid groups (broad SMARTS) is 1. The summed E-state index contributed by atoms with van der Waals surface area (Å²) >= 11 is 0. The summed E-state index contributed by atoms with van der Waals surface area (Å²) in [6.45, 7) is 0.240. The molecular weight excluding hydrogens is 260 g/mol. The minimum absolute atomic E-state index is 0.240. The number of rotatable bonds is 4. The second-order valence-corrected chi connectivity index (χ2v) is 4.96. The van der Waals surface area contributed by atoms with Gasteiger partial charge in [-0.3, -0.25) is 0 Å². The lowest BCUT2D eigenvalue weighted by Gasteiger charge is -2.33. The molecule has 0 aromatic carbocycles. The van der Waals surface area contributed by atoms with E-state index in [0.29, 0.717) is 18.5 Å². The van der Waals surface area contributed by atoms with Crippen LogP contribution in [0.15, 0.2) is 18.6 Å². The summed E-state index contributed by atoms with van der Waals surface area (Å²) in [5.41, 5.74) is -0.461. The smallest absolute Gasteiger partial charge is 0.329 e. The number of urea groups is 1. The third-order valence-electron chi connectivity index (χ3n) is 3.54. The van der Waals surface area contributed by atoms with E-state index in [-0.39, 0.29) is 6.54 Å². The van der Waals surface area contributed by atoms with E-state index in [4.69, 9.17) is 0 Å². The van der Waals surface area contributed by atoms with Crippen molar-refractivity contribution in [1.82, 2.24) is 20.6 Å². The lowest BCUT2D eigenvalue weighted by molar-refractivity contribution is -0.145. The van der Waals surface area contributed by atoms with Crippen molar-refractivity contribution < 1.29 is 14.7 Å². The zero-order chi connectivity index (χ0) is 14.4. The maximum absolute atomic E-state index is 11.9. The van der Waals surface area contributed by atoms with E-state index in [2.05, 4.69) is 20.6 Å². The fourth-order valence-corrected chi connectivity index (χ4v) is 2.40. The molecule has 1 aromatic rings. The molecule has 1 aliphatic carbocycles. The molecule has 0 aliphatic heterocycles. The predicted octanol–water partition coefficient (Wildman–Crippen LogP) is 1.06. The topological polar surface area (TPSA) is 104 Å². The number of carbonyl (C=O) groups excluding carboxylic acids is 1. The molecule has 7 nitrogen and oxygen atoms in total. The number of carbonyl (C=O) groups is 2. The van der Waals surface area contributed by atoms with E-state index >= 15 is 0 Å². The number of nitrogens with zero attached hydrogens (tertiary/aromatic N) is 2. The Hall–Kier alpha value is -2.18. The van der Waals surface area contributed by atoms with Gasteiger partial charge >= 0.3 is 12.0 Å². The molecular formula is C13H18N4O3. The summed E-state index contributed by atoms with van der Waals surface area (Å²) in [5.74, 6) is -0.964. The standard InChI is InChI=1S/C13H18N4O3/c18-11(19)13(5-2-1-3-6-13)17-12(20)15-8-10-4-7-14-9-16-10/h4,7,9H,1-3,5-6,8H2,(H,18,19)(H2,15,17,20). The molecule has 0 atom stereocenters. The van der Waals surface area contributed by atoms with Gasteiger partial charge < -0.3 is 15.7 Å². The van der Waals surface area contributed by atoms with Gasteiger partial charge in [0.1, 0.15) is 11.9 Å². The Kier molecular flexibility index (Phi) is 4.49. The Morgan fingerprint density at radius 2 is 2.05 bits per heavy atom. The van der Waals surface area contributed by atoms with Crippen molar-refractivity contribution in [3.63, 3.8) is 0 Å². The molecule has 0 spiro atoms. The van der Waals surface area contributed by atoms with Gasteiger partial charge in [0, 0.05) is 6.20 Å². The highest BCUT2D eigenvalue weighted by Crippen LogP contribution is 2.28. The minimum atomic E-state index is -1.13. The van der Waals surface area contributed by atoms with Gasteiger partial charge in [-0.25, -0.2) is 19.6 Å². The fraction of sp³-hybridized carbons (Fsp3) is 0.538. The van der Waals surface area contributed by atoms with Gasteiger partial charge in [0.25, 0.3) is 0 Å². The van der Waals surface area contributed by atoms with Crippen molar-refractivity contribution >= 4 is 12.0 Å². The van der Waals surface area contributed by atoms with Gasteiger partial charge in [-0.2, -0.15) is 0 Å². The van der Waals surface area contributed by atoms with E-state index in [1.165, 1.54) is 6.33 Å². The van der Waals surface area contributed by atoms with E-state index < -0.39 is 17.5 Å². The summed E-state index contributed by atoms with van der Waals surface area (Å²) in [4.78, 5) is 31.1. The van der Waals surface area contributed by atoms with Crippen LogP contribution in [0.3, 0.4) is 0 Å². The van der Waals surface area contributed by atoms with E-state index in [9.17, 15) is 14.7 Å². The highest BCUT2D eigenvalue weighted by atomic mass is 16.4. The lowest BCUT2D eigenvalue weighted by atomic mass is 9.82. The van der Waals surface area contributed by atoms with Crippen molar-refractivity contribution in [1.29, 1.82) is 0 Å². The van der Waals surface area contributed by atoms with Crippen molar-refractivity contribution in [3.05, 3.63) is 24.3 Å². The van der Waals surface area contributed by atoms with E-state index in [0.717, 1.165) is 19.3 Å². The molecule has 1 saturated carbocycles. The number of carboxylic acids is 1. The SMILES string of the molecule is O=C(NCc1ccncn1)NC1(C(=O)O)CCCCC1. The first-order valence-electron chi connectivity index (χ1n) is 6.67. The first-order valence-corrected chi connectivity index (χ1v) is 6.67. The van der Waals surface area contributed by atoms with Gasteiger partial charge in [-0.05, 0) is 18.9 Å². The molecule has 7 heteroatoms. The van der Waals surface area contributed by atoms with Crippen LogP contribution in [0, 0.1) is 0 Å². The molecule has 2 amide bonds. The molecule has 1 fully saturated rings. The lowest BCUT2D eigenvalue weighted by Crippen LogP contribution is -2.57. The van der Waals surface area contributed by atoms with Gasteiger partial charge in [-0.1, -0.05) is 19.3 Å². The van der Waals surface area contributed by atoms with Crippen molar-refractivity contribution in [2.75, 3.05) is 0 Å². The summed E-state index contributed by atoms with van der Waals surface area (Å²) < 4.78 is 0. The highest BCUT2D eigenvalue weighted by molar-refractivity contribution is 5.86. The Morgan fingerprint density at radius 3 is 2.65 bits per heavy atom. The number of amides is 2. The summed E-state index contributed by atoms with van der Waals surface area (Å²) in [6, 6.07) is 1.21. The number of hydrogen-bond donors (Lipinski definition) is 3. The molecule has 108 valence electrons. The predicted molar refractivity (Wildman–Crippen MR) is 70.9 cm³/mol. The highest BCUT2D eigenvalue weighted by Gasteiger charge is 2.40. The van der Waals surface area contributed by atoms with Crippen molar-refractivity contribution in [3.8, 4) is 0 Å². The zero-order valence-corrected chi connectivity index (χ0v) is 11.1. The maximum atomic E-state index is 11.9. The molecule has 0 saturated heterocycles. The molecule has 0 bridgehead atoms. The molecule has 1 heterocycles. The Bertz CT molecular complexity index is 472. The van der Waals surface area contributed by atoms with Crippen molar-refractivity contribution in [2.45, 2.75) is 44.2 Å². The van der Waals surface area contributed by atoms with Gasteiger partial charge in [0.05, 0.1) is 12.2 Å². The minimum Gasteiger partial charge on any atom is -0.480 e. The monoisotopic (exact) mass is 278 g/mol. The first kappa shape index (κ1) is 14.2. The number of nitrogens with one attached hydrogen (secondary N) is 2. The van der Waals surface area contributed by atoms with Crippen LogP contribution < -0.4 is 10.6 Å². The van der Waals surface area contributed by atoms with Crippen LogP contribution in [-0.4, -0.2) is 32.6 Å². The second-order valence-electron chi connectivity index (χ2n) is 4.96. The average molecular weight is 278 g/mol. The number of aromatic nitrogens is 2. The van der Waals surface area contributed by atoms with E-state index in [1.54, 1.807) is 12.3 Å². The van der Waals surface area contributed by atoms with Crippen LogP contribution in [-0.2, 0) is 11.3 Å². The maximum Gasteiger partial charge on any atom is 0.329 e. The molecule has 20 heavy (non-hydrogen) atoms. The molecule has 1 aliphatic rings. The van der Waals surface area contributed by atoms with Gasteiger partial charge in [0.2, 0.25) is 0 Å². The Balaban J connectivity index is 1.90. The van der Waals surface area contributed by atoms with Gasteiger partial charge in [-0.15, -0.1) is 0 Å². The van der Waals surface area contributed by atoms with Crippen molar-refractivity contribution in [2.24, 2.45) is 0 Å². The van der Waals surface area contributed by atoms with Crippen LogP contribution in [0.1, 0.15) is 37.8 Å². The average Bonchev–Trinajstić information content (AvgIpc) is 2.47. The Labute approximate surface area is 116 Å². The van der Waals surface area contributed by atoms with Crippen LogP contribution in [0.4, 0.5) is 4.79 Å². The van der Waals surface area contributed by atoms with Crippen LogP contribution in [0.5, 0.6) is 0 Å². The molecule has 3 N–H and O–H groups in total. The fourth-order valence-electron chi connectivity index (χ4n) is 2.40. The van der Waals surface area contributed by atoms with E-state index in [1.807, 2.05) is 0 Å². The largest absolute Gasteiger partial charge is 0.480 e. The second kappa shape index (κ2) is 6.31. The third kappa shape index (κ3) is 3.43. The van der Waals surface area contributed by atoms with Crippen LogP contribution in [0.2, 0.25) is 0 Å². The number of hydrogen-bond acceptors (Lipinski definition) is 4. The molecule has 0 unspecified atom stereocenters. The summed E-state index contributed by atoms with van der Waals surface area (Å²) in [6.07, 6.45) is 6.58. The Morgan fingerprint density at radius 1 is 1.30 bits per heavy atom. The zero-order valence-electron chi connectivity index (χ0n) is 11.1. The molecule has 0 radical (unpaired) electrons. The normalized spacial score (nSPS) is 17.2. The summed E-state index contributed by atoms with van der Waals surface area (Å²) in [5, 5.41) is 14.6. The summed E-state index contributed by atoms with van der Waals surface area (Å²) in [7, 11) is 0. The quantitative estimate of drug-likeness (QED) is 0.764. The first-order chi connectivity index (χ1) is 9.62. The van der Waals surface area contributed by atoms with Gasteiger partial charge in [0.15, 0.2) is 0 Å².